The van der Waals surface area contributed by atoms with Crippen molar-refractivity contribution in [1.29, 1.82) is 0 Å². The Labute approximate surface area is 99.4 Å². The molecule has 96 valence electrons. The Morgan fingerprint density at radius 3 is 2.82 bits per heavy atom. The summed E-state index contributed by atoms with van der Waals surface area (Å²) >= 11 is 0. The van der Waals surface area contributed by atoms with Crippen molar-refractivity contribution in [2.24, 2.45) is 10.9 Å². The molecule has 0 amide bonds. The van der Waals surface area contributed by atoms with Gasteiger partial charge in [-0.1, -0.05) is 5.16 Å². The number of nitrogens with zero attached hydrogens (tertiary/aromatic N) is 4. The predicted molar refractivity (Wildman–Crippen MR) is 61.1 cm³/mol. The van der Waals surface area contributed by atoms with Crippen LogP contribution >= 0.6 is 0 Å². The van der Waals surface area contributed by atoms with Crippen LogP contribution in [-0.4, -0.2) is 46.9 Å². The maximum atomic E-state index is 12.0. The second-order valence-electron chi connectivity index (χ2n) is 3.39. The van der Waals surface area contributed by atoms with Crippen LogP contribution < -0.4 is 5.73 Å². The maximum absolute atomic E-state index is 12.0. The van der Waals surface area contributed by atoms with Gasteiger partial charge in [0.25, 0.3) is 10.0 Å². The molecule has 0 atom stereocenters. The Hall–Kier alpha value is -1.61. The number of oxime groups is 1. The Morgan fingerprint density at radius 2 is 2.35 bits per heavy atom. The second kappa shape index (κ2) is 5.15. The lowest BCUT2D eigenvalue weighted by Crippen LogP contribution is -2.35. The number of hydrogen-bond acceptors (Lipinski definition) is 5. The van der Waals surface area contributed by atoms with Crippen LogP contribution in [0.1, 0.15) is 6.92 Å². The van der Waals surface area contributed by atoms with Gasteiger partial charge in [-0.2, -0.15) is 4.31 Å². The average Bonchev–Trinajstić information content (AvgIpc) is 2.77. The molecule has 0 aliphatic carbocycles. The number of imidazole rings is 1. The molecule has 0 aliphatic rings. The summed E-state index contributed by atoms with van der Waals surface area (Å²) in [6, 6.07) is 0. The van der Waals surface area contributed by atoms with Crippen molar-refractivity contribution in [2.45, 2.75) is 18.5 Å². The highest BCUT2D eigenvalue weighted by atomic mass is 32.2. The van der Waals surface area contributed by atoms with Gasteiger partial charge < -0.3 is 15.5 Å². The molecule has 8 nitrogen and oxygen atoms in total. The number of nitrogens with two attached hydrogens (primary N) is 1. The molecule has 0 radical (unpaired) electrons. The van der Waals surface area contributed by atoms with Gasteiger partial charge in [-0.3, -0.25) is 0 Å². The number of likely N-dealkylation sites (N-methyl/N-ethyl adjacent to an activating group) is 1. The number of hydrogen-bond donors (Lipinski definition) is 2. The van der Waals surface area contributed by atoms with Crippen molar-refractivity contribution in [3.05, 3.63) is 12.5 Å². The zero-order chi connectivity index (χ0) is 13.1. The third-order valence-corrected chi connectivity index (χ3v) is 3.85. The van der Waals surface area contributed by atoms with Crippen LogP contribution in [0.25, 0.3) is 0 Å². The number of rotatable bonds is 5. The van der Waals surface area contributed by atoms with E-state index in [4.69, 9.17) is 10.9 Å². The third kappa shape index (κ3) is 2.94. The molecular formula is C8H15N5O3S. The van der Waals surface area contributed by atoms with E-state index in [1.54, 1.807) is 4.57 Å². The highest BCUT2D eigenvalue weighted by Crippen LogP contribution is 2.11. The predicted octanol–water partition coefficient (Wildman–Crippen LogP) is -0.730. The number of sulfonamides is 1. The molecule has 0 aromatic carbocycles. The molecule has 0 saturated heterocycles. The molecule has 3 N–H and O–H groups in total. The van der Waals surface area contributed by atoms with E-state index in [0.29, 0.717) is 6.54 Å². The summed E-state index contributed by atoms with van der Waals surface area (Å²) in [5.74, 6) is -0.189. The minimum absolute atomic E-state index is 0.0624. The fourth-order valence-corrected chi connectivity index (χ4v) is 2.22. The monoisotopic (exact) mass is 261 g/mol. The Bertz CT molecular complexity index is 507. The smallest absolute Gasteiger partial charge is 0.262 e. The molecule has 9 heteroatoms. The Morgan fingerprint density at radius 1 is 1.71 bits per heavy atom. The molecule has 0 aliphatic heterocycles. The van der Waals surface area contributed by atoms with Crippen LogP contribution in [0.2, 0.25) is 0 Å². The topological polar surface area (TPSA) is 114 Å². The van der Waals surface area contributed by atoms with Gasteiger partial charge in [0.05, 0.1) is 12.9 Å². The number of aromatic nitrogens is 2. The minimum atomic E-state index is -3.70. The fraction of sp³-hybridized carbons (Fsp3) is 0.500. The largest absolute Gasteiger partial charge is 0.409 e. The quantitative estimate of drug-likeness (QED) is 0.314. The summed E-state index contributed by atoms with van der Waals surface area (Å²) in [6.07, 6.45) is 2.86. The van der Waals surface area contributed by atoms with E-state index in [1.807, 2.05) is 6.92 Å². The van der Waals surface area contributed by atoms with Crippen LogP contribution in [0.15, 0.2) is 22.7 Å². The van der Waals surface area contributed by atoms with Crippen LogP contribution in [0.3, 0.4) is 0 Å². The first-order chi connectivity index (χ1) is 7.91. The molecule has 1 heterocycles. The van der Waals surface area contributed by atoms with E-state index in [1.165, 1.54) is 19.6 Å². The lowest BCUT2D eigenvalue weighted by atomic mass is 10.6. The molecule has 0 bridgehead atoms. The Kier molecular flexibility index (Phi) is 4.07. The number of aryl methyl sites for hydroxylation is 1. The van der Waals surface area contributed by atoms with E-state index >= 15 is 0 Å². The van der Waals surface area contributed by atoms with Crippen molar-refractivity contribution < 1.29 is 13.6 Å². The lowest BCUT2D eigenvalue weighted by Gasteiger charge is -2.14. The van der Waals surface area contributed by atoms with Gasteiger partial charge in [0, 0.05) is 19.8 Å². The summed E-state index contributed by atoms with van der Waals surface area (Å²) in [5, 5.41) is 11.0. The average molecular weight is 261 g/mol. The fourth-order valence-electron chi connectivity index (χ4n) is 1.15. The zero-order valence-electron chi connectivity index (χ0n) is 9.61. The van der Waals surface area contributed by atoms with E-state index in [0.717, 1.165) is 4.31 Å². The van der Waals surface area contributed by atoms with Gasteiger partial charge in [0.2, 0.25) is 0 Å². The summed E-state index contributed by atoms with van der Waals surface area (Å²) in [5.41, 5.74) is 5.25. The summed E-state index contributed by atoms with van der Waals surface area (Å²) in [4.78, 5) is 3.80. The lowest BCUT2D eigenvalue weighted by molar-refractivity contribution is 0.315. The standard InChI is InChI=1S/C8H15N5O3S/c1-3-13-5-8(10-6-13)17(15,16)12(2)4-7(9)11-14/h5-6,14H,3-4H2,1-2H3,(H2,9,11). The van der Waals surface area contributed by atoms with E-state index < -0.39 is 10.0 Å². The van der Waals surface area contributed by atoms with Crippen LogP contribution in [-0.2, 0) is 16.6 Å². The van der Waals surface area contributed by atoms with Crippen LogP contribution in [0, 0.1) is 0 Å². The maximum Gasteiger partial charge on any atom is 0.262 e. The highest BCUT2D eigenvalue weighted by molar-refractivity contribution is 7.89. The van der Waals surface area contributed by atoms with Gasteiger partial charge in [0.15, 0.2) is 10.9 Å². The van der Waals surface area contributed by atoms with Crippen LogP contribution in [0.5, 0.6) is 0 Å². The molecule has 17 heavy (non-hydrogen) atoms. The summed E-state index contributed by atoms with van der Waals surface area (Å²) in [7, 11) is -2.37. The first-order valence-corrected chi connectivity index (χ1v) is 6.30. The van der Waals surface area contributed by atoms with Crippen molar-refractivity contribution in [3.63, 3.8) is 0 Å². The molecule has 0 saturated carbocycles. The Balaban J connectivity index is 2.94. The molecule has 1 aromatic rings. The number of amidine groups is 1. The first kappa shape index (κ1) is 13.5. The van der Waals surface area contributed by atoms with Gasteiger partial charge in [0.1, 0.15) is 0 Å². The normalized spacial score (nSPS) is 13.2. The minimum Gasteiger partial charge on any atom is -0.409 e. The highest BCUT2D eigenvalue weighted by Gasteiger charge is 2.24. The van der Waals surface area contributed by atoms with Crippen LogP contribution in [0.4, 0.5) is 0 Å². The van der Waals surface area contributed by atoms with Gasteiger partial charge in [-0.25, -0.2) is 13.4 Å². The van der Waals surface area contributed by atoms with Gasteiger partial charge >= 0.3 is 0 Å². The van der Waals surface area contributed by atoms with Gasteiger partial charge in [-0.15, -0.1) is 0 Å². The molecule has 0 unspecified atom stereocenters. The van der Waals surface area contributed by atoms with E-state index in [2.05, 4.69) is 10.1 Å². The third-order valence-electron chi connectivity index (χ3n) is 2.16. The van der Waals surface area contributed by atoms with Crippen molar-refractivity contribution in [1.82, 2.24) is 13.9 Å². The van der Waals surface area contributed by atoms with Gasteiger partial charge in [-0.05, 0) is 6.92 Å². The molecule has 1 rings (SSSR count). The van der Waals surface area contributed by atoms with Crippen molar-refractivity contribution in [2.75, 3.05) is 13.6 Å². The van der Waals surface area contributed by atoms with E-state index in [9.17, 15) is 8.42 Å². The molecule has 1 aromatic heterocycles. The molecule has 0 fully saturated rings. The SMILES string of the molecule is CCn1cnc(S(=O)(=O)N(C)CC(N)=NO)c1. The summed E-state index contributed by atoms with van der Waals surface area (Å²) in [6.45, 7) is 2.31. The van der Waals surface area contributed by atoms with Crippen molar-refractivity contribution in [3.8, 4) is 0 Å². The summed E-state index contributed by atoms with van der Waals surface area (Å²) < 4.78 is 26.5. The van der Waals surface area contributed by atoms with Crippen molar-refractivity contribution >= 4 is 15.9 Å². The molecule has 0 spiro atoms. The zero-order valence-corrected chi connectivity index (χ0v) is 10.4. The molecular weight excluding hydrogens is 246 g/mol. The van der Waals surface area contributed by atoms with E-state index in [-0.39, 0.29) is 17.4 Å². The second-order valence-corrected chi connectivity index (χ2v) is 5.39. The first-order valence-electron chi connectivity index (χ1n) is 4.86.